The third-order valence-electron chi connectivity index (χ3n) is 3.90. The summed E-state index contributed by atoms with van der Waals surface area (Å²) in [6, 6.07) is 14.2. The second kappa shape index (κ2) is 4.72. The van der Waals surface area contributed by atoms with Crippen molar-refractivity contribution in [2.45, 2.75) is 19.3 Å². The minimum absolute atomic E-state index is 0.328. The molecule has 0 saturated heterocycles. The first kappa shape index (κ1) is 12.3. The molecular formula is C17H13N3. The second-order valence-corrected chi connectivity index (χ2v) is 4.94. The van der Waals surface area contributed by atoms with Crippen LogP contribution in [0.3, 0.4) is 0 Å². The highest BCUT2D eigenvalue weighted by Gasteiger charge is 2.26. The molecule has 1 aliphatic rings. The smallest absolute Gasteiger partial charge is 0.102 e. The van der Waals surface area contributed by atoms with Crippen molar-refractivity contribution < 1.29 is 0 Å². The summed E-state index contributed by atoms with van der Waals surface area (Å²) in [5, 5.41) is 18.8. The summed E-state index contributed by atoms with van der Waals surface area (Å²) in [5.41, 5.74) is 11.4. The zero-order chi connectivity index (χ0) is 14.1. The maximum atomic E-state index is 9.47. The largest absolute Gasteiger partial charge is 0.397 e. The molecular weight excluding hydrogens is 246 g/mol. The highest BCUT2D eigenvalue weighted by molar-refractivity contribution is 5.85. The van der Waals surface area contributed by atoms with Crippen LogP contribution in [0.4, 0.5) is 5.69 Å². The van der Waals surface area contributed by atoms with Gasteiger partial charge in [-0.2, -0.15) is 10.5 Å². The van der Waals surface area contributed by atoms with E-state index in [9.17, 15) is 10.5 Å². The third kappa shape index (κ3) is 1.65. The van der Waals surface area contributed by atoms with E-state index in [4.69, 9.17) is 5.73 Å². The van der Waals surface area contributed by atoms with Crippen molar-refractivity contribution in [3.05, 3.63) is 52.6 Å². The number of hydrogen-bond acceptors (Lipinski definition) is 3. The number of nitrogen functional groups attached to an aromatic ring is 1. The lowest BCUT2D eigenvalue weighted by Crippen LogP contribution is -2.04. The summed E-state index contributed by atoms with van der Waals surface area (Å²) < 4.78 is 0. The Morgan fingerprint density at radius 3 is 2.20 bits per heavy atom. The van der Waals surface area contributed by atoms with Crippen LogP contribution in [0.1, 0.15) is 28.7 Å². The van der Waals surface area contributed by atoms with Crippen LogP contribution in [-0.2, 0) is 12.8 Å². The molecule has 2 aromatic carbocycles. The molecule has 3 rings (SSSR count). The molecule has 2 N–H and O–H groups in total. The lowest BCUT2D eigenvalue weighted by molar-refractivity contribution is 0.911. The summed E-state index contributed by atoms with van der Waals surface area (Å²) >= 11 is 0. The molecule has 0 fully saturated rings. The van der Waals surface area contributed by atoms with E-state index in [1.807, 2.05) is 30.3 Å². The van der Waals surface area contributed by atoms with Gasteiger partial charge in [-0.1, -0.05) is 30.3 Å². The molecule has 0 atom stereocenters. The van der Waals surface area contributed by atoms with Gasteiger partial charge in [0.15, 0.2) is 0 Å². The SMILES string of the molecule is N#Cc1c(N)c(C#N)c(-c2ccccc2)c2c1CCC2. The van der Waals surface area contributed by atoms with Gasteiger partial charge in [0.05, 0.1) is 16.8 Å². The maximum Gasteiger partial charge on any atom is 0.102 e. The summed E-state index contributed by atoms with van der Waals surface area (Å²) in [6.45, 7) is 0. The average Bonchev–Trinajstić information content (AvgIpc) is 2.95. The molecule has 2 aromatic rings. The Balaban J connectivity index is 2.42. The summed E-state index contributed by atoms with van der Waals surface area (Å²) in [6.07, 6.45) is 2.79. The van der Waals surface area contributed by atoms with Crippen molar-refractivity contribution in [1.82, 2.24) is 0 Å². The van der Waals surface area contributed by atoms with Crippen molar-refractivity contribution in [2.24, 2.45) is 0 Å². The molecule has 1 aliphatic carbocycles. The lowest BCUT2D eigenvalue weighted by atomic mass is 9.88. The number of nitriles is 2. The van der Waals surface area contributed by atoms with E-state index in [0.717, 1.165) is 41.5 Å². The van der Waals surface area contributed by atoms with E-state index in [1.165, 1.54) is 0 Å². The quantitative estimate of drug-likeness (QED) is 0.799. The Hall–Kier alpha value is -2.78. The maximum absolute atomic E-state index is 9.47. The molecule has 0 saturated carbocycles. The number of fused-ring (bicyclic) bond motifs is 1. The van der Waals surface area contributed by atoms with Crippen LogP contribution >= 0.6 is 0 Å². The Bertz CT molecular complexity index is 758. The number of nitrogens with two attached hydrogens (primary N) is 1. The molecule has 0 radical (unpaired) electrons. The fourth-order valence-corrected chi connectivity index (χ4v) is 3.04. The van der Waals surface area contributed by atoms with Gasteiger partial charge in [-0.15, -0.1) is 0 Å². The molecule has 0 heterocycles. The van der Waals surface area contributed by atoms with Crippen molar-refractivity contribution in [3.8, 4) is 23.3 Å². The van der Waals surface area contributed by atoms with Gasteiger partial charge in [0.1, 0.15) is 12.1 Å². The Kier molecular flexibility index (Phi) is 2.89. The van der Waals surface area contributed by atoms with Crippen LogP contribution in [0.25, 0.3) is 11.1 Å². The van der Waals surface area contributed by atoms with Crippen molar-refractivity contribution in [1.29, 1.82) is 10.5 Å². The standard InChI is InChI=1S/C17H13N3/c18-9-14-12-7-4-8-13(12)16(15(10-19)17(14)20)11-5-2-1-3-6-11/h1-3,5-6H,4,7-8,20H2. The van der Waals surface area contributed by atoms with Gasteiger partial charge in [-0.25, -0.2) is 0 Å². The first-order chi connectivity index (χ1) is 9.77. The molecule has 20 heavy (non-hydrogen) atoms. The van der Waals surface area contributed by atoms with Gasteiger partial charge in [-0.05, 0) is 36.0 Å². The predicted octanol–water partition coefficient (Wildman–Crippen LogP) is 3.17. The first-order valence-electron chi connectivity index (χ1n) is 6.60. The van der Waals surface area contributed by atoms with E-state index < -0.39 is 0 Å². The summed E-state index contributed by atoms with van der Waals surface area (Å²) in [7, 11) is 0. The van der Waals surface area contributed by atoms with E-state index in [-0.39, 0.29) is 0 Å². The fraction of sp³-hybridized carbons (Fsp3) is 0.176. The van der Waals surface area contributed by atoms with E-state index >= 15 is 0 Å². The summed E-state index contributed by atoms with van der Waals surface area (Å²) in [5.74, 6) is 0. The van der Waals surface area contributed by atoms with Crippen LogP contribution in [0.5, 0.6) is 0 Å². The van der Waals surface area contributed by atoms with Gasteiger partial charge < -0.3 is 5.73 Å². The van der Waals surface area contributed by atoms with Gasteiger partial charge in [0.25, 0.3) is 0 Å². The molecule has 0 spiro atoms. The first-order valence-corrected chi connectivity index (χ1v) is 6.60. The minimum atomic E-state index is 0.328. The van der Waals surface area contributed by atoms with Crippen molar-refractivity contribution >= 4 is 5.69 Å². The van der Waals surface area contributed by atoms with Crippen molar-refractivity contribution in [2.75, 3.05) is 5.73 Å². The number of benzene rings is 2. The highest BCUT2D eigenvalue weighted by Crippen LogP contribution is 2.40. The molecule has 3 nitrogen and oxygen atoms in total. The van der Waals surface area contributed by atoms with Crippen LogP contribution in [0.15, 0.2) is 30.3 Å². The van der Waals surface area contributed by atoms with Crippen molar-refractivity contribution in [3.63, 3.8) is 0 Å². The van der Waals surface area contributed by atoms with Crippen LogP contribution in [0, 0.1) is 22.7 Å². The molecule has 0 amide bonds. The van der Waals surface area contributed by atoms with Gasteiger partial charge in [0, 0.05) is 5.56 Å². The molecule has 0 unspecified atom stereocenters. The zero-order valence-electron chi connectivity index (χ0n) is 11.0. The molecule has 0 bridgehead atoms. The summed E-state index contributed by atoms with van der Waals surface area (Å²) in [4.78, 5) is 0. The van der Waals surface area contributed by atoms with Gasteiger partial charge >= 0.3 is 0 Å². The van der Waals surface area contributed by atoms with E-state index in [0.29, 0.717) is 16.8 Å². The van der Waals surface area contributed by atoms with Crippen LogP contribution < -0.4 is 5.73 Å². The van der Waals surface area contributed by atoms with E-state index in [2.05, 4.69) is 12.1 Å². The Morgan fingerprint density at radius 2 is 1.55 bits per heavy atom. The average molecular weight is 259 g/mol. The number of anilines is 1. The van der Waals surface area contributed by atoms with Gasteiger partial charge in [0.2, 0.25) is 0 Å². The molecule has 3 heteroatoms. The highest BCUT2D eigenvalue weighted by atomic mass is 14.6. The molecule has 0 aliphatic heterocycles. The number of nitrogens with zero attached hydrogens (tertiary/aromatic N) is 2. The van der Waals surface area contributed by atoms with Crippen LogP contribution in [0.2, 0.25) is 0 Å². The topological polar surface area (TPSA) is 73.6 Å². The number of hydrogen-bond donors (Lipinski definition) is 1. The molecule has 0 aromatic heterocycles. The van der Waals surface area contributed by atoms with E-state index in [1.54, 1.807) is 0 Å². The minimum Gasteiger partial charge on any atom is -0.397 e. The van der Waals surface area contributed by atoms with Crippen LogP contribution in [-0.4, -0.2) is 0 Å². The second-order valence-electron chi connectivity index (χ2n) is 4.94. The Morgan fingerprint density at radius 1 is 0.900 bits per heavy atom. The predicted molar refractivity (Wildman–Crippen MR) is 77.7 cm³/mol. The van der Waals surface area contributed by atoms with Gasteiger partial charge in [-0.3, -0.25) is 0 Å². The molecule has 96 valence electrons. The zero-order valence-corrected chi connectivity index (χ0v) is 11.0. The Labute approximate surface area is 117 Å². The fourth-order valence-electron chi connectivity index (χ4n) is 3.04. The third-order valence-corrected chi connectivity index (χ3v) is 3.90. The number of rotatable bonds is 1. The monoisotopic (exact) mass is 259 g/mol. The normalized spacial score (nSPS) is 12.5. The lowest BCUT2D eigenvalue weighted by Gasteiger charge is -2.15.